The maximum atomic E-state index is 12.9. The second-order valence-electron chi connectivity index (χ2n) is 9.49. The van der Waals surface area contributed by atoms with Crippen molar-refractivity contribution in [2.45, 2.75) is 44.9 Å². The van der Waals surface area contributed by atoms with E-state index in [1.807, 2.05) is 48.2 Å². The Hall–Kier alpha value is -3.75. The highest BCUT2D eigenvalue weighted by atomic mass is 16.5. The maximum absolute atomic E-state index is 12.9. The first-order chi connectivity index (χ1) is 16.9. The van der Waals surface area contributed by atoms with E-state index in [1.54, 1.807) is 11.1 Å². The van der Waals surface area contributed by atoms with Crippen LogP contribution < -0.4 is 9.64 Å². The molecule has 0 atom stereocenters. The fourth-order valence-electron chi connectivity index (χ4n) is 4.64. The first-order valence-electron chi connectivity index (χ1n) is 12.0. The van der Waals surface area contributed by atoms with E-state index in [4.69, 9.17) is 9.26 Å². The van der Waals surface area contributed by atoms with Crippen molar-refractivity contribution in [3.05, 3.63) is 54.0 Å². The Morgan fingerprint density at radius 1 is 1.17 bits per heavy atom. The number of benzene rings is 1. The highest BCUT2D eigenvalue weighted by Gasteiger charge is 2.37. The van der Waals surface area contributed by atoms with Gasteiger partial charge in [-0.05, 0) is 56.0 Å². The summed E-state index contributed by atoms with van der Waals surface area (Å²) in [5.41, 5.74) is 2.25. The summed E-state index contributed by atoms with van der Waals surface area (Å²) in [6, 6.07) is 11.4. The molecule has 5 rings (SSSR count). The molecule has 0 unspecified atom stereocenters. The molecule has 0 saturated carbocycles. The molecule has 182 valence electrons. The number of carbonyl (C=O) groups excluding carboxylic acids is 2. The van der Waals surface area contributed by atoms with E-state index in [1.165, 1.54) is 0 Å². The standard InChI is InChI=1S/C26H29N5O4/c1-18-8-9-21-20(16-18)31(23(33)17-34-21)13-5-7-22(32)30-14-10-26(2,11-15-30)25-28-24(35-29-25)19-6-3-4-12-27-19/h3-4,6,8-9,12,16H,5,7,10-11,13-15,17H2,1-2H3. The minimum absolute atomic E-state index is 0.0346. The fraction of sp³-hybridized carbons (Fsp3) is 0.423. The molecule has 0 radical (unpaired) electrons. The molecule has 2 aromatic heterocycles. The third-order valence-corrected chi connectivity index (χ3v) is 6.90. The zero-order chi connectivity index (χ0) is 24.4. The van der Waals surface area contributed by atoms with Gasteiger partial charge < -0.3 is 19.1 Å². The molecule has 1 aromatic carbocycles. The number of carbonyl (C=O) groups is 2. The molecule has 9 nitrogen and oxygen atoms in total. The van der Waals surface area contributed by atoms with Gasteiger partial charge in [-0.15, -0.1) is 0 Å². The van der Waals surface area contributed by atoms with Crippen LogP contribution in [0.25, 0.3) is 11.6 Å². The van der Waals surface area contributed by atoms with Gasteiger partial charge in [-0.1, -0.05) is 24.2 Å². The Morgan fingerprint density at radius 3 is 2.77 bits per heavy atom. The van der Waals surface area contributed by atoms with Crippen LogP contribution in [-0.4, -0.2) is 58.1 Å². The SMILES string of the molecule is Cc1ccc2c(c1)N(CCCC(=O)N1CCC(C)(c3noc(-c4ccccn4)n3)CC1)C(=O)CO2. The lowest BCUT2D eigenvalue weighted by atomic mass is 9.79. The second kappa shape index (κ2) is 9.48. The van der Waals surface area contributed by atoms with Crippen LogP contribution >= 0.6 is 0 Å². The van der Waals surface area contributed by atoms with Gasteiger partial charge in [0.2, 0.25) is 5.91 Å². The minimum atomic E-state index is -0.255. The summed E-state index contributed by atoms with van der Waals surface area (Å²) in [5, 5.41) is 4.21. The number of fused-ring (bicyclic) bond motifs is 1. The summed E-state index contributed by atoms with van der Waals surface area (Å²) in [4.78, 5) is 37.8. The van der Waals surface area contributed by atoms with Crippen molar-refractivity contribution >= 4 is 17.5 Å². The van der Waals surface area contributed by atoms with Crippen molar-refractivity contribution in [2.24, 2.45) is 0 Å². The molecule has 9 heteroatoms. The first kappa shape index (κ1) is 23.0. The number of aromatic nitrogens is 3. The third-order valence-electron chi connectivity index (χ3n) is 6.90. The molecule has 3 aromatic rings. The van der Waals surface area contributed by atoms with Crippen molar-refractivity contribution < 1.29 is 18.8 Å². The number of anilines is 1. The van der Waals surface area contributed by atoms with Gasteiger partial charge in [0.25, 0.3) is 11.8 Å². The molecule has 1 saturated heterocycles. The zero-order valence-corrected chi connectivity index (χ0v) is 20.1. The van der Waals surface area contributed by atoms with Crippen LogP contribution in [0.3, 0.4) is 0 Å². The first-order valence-corrected chi connectivity index (χ1v) is 12.0. The van der Waals surface area contributed by atoms with Crippen LogP contribution in [0.15, 0.2) is 47.1 Å². The van der Waals surface area contributed by atoms with Crippen LogP contribution in [0.5, 0.6) is 5.75 Å². The third kappa shape index (κ3) is 4.76. The predicted molar refractivity (Wildman–Crippen MR) is 129 cm³/mol. The molecule has 2 aliphatic rings. The van der Waals surface area contributed by atoms with Gasteiger partial charge in [-0.25, -0.2) is 0 Å². The topological polar surface area (TPSA) is 102 Å². The minimum Gasteiger partial charge on any atom is -0.482 e. The van der Waals surface area contributed by atoms with Crippen molar-refractivity contribution in [2.75, 3.05) is 31.1 Å². The Morgan fingerprint density at radius 2 is 2.00 bits per heavy atom. The Bertz CT molecular complexity index is 1220. The maximum Gasteiger partial charge on any atom is 0.276 e. The molecule has 2 aliphatic heterocycles. The van der Waals surface area contributed by atoms with E-state index in [0.717, 1.165) is 24.1 Å². The summed E-state index contributed by atoms with van der Waals surface area (Å²) >= 11 is 0. The van der Waals surface area contributed by atoms with Gasteiger partial charge in [0.05, 0.1) is 5.69 Å². The van der Waals surface area contributed by atoms with Crippen molar-refractivity contribution in [1.29, 1.82) is 0 Å². The number of aryl methyl sites for hydroxylation is 1. The van der Waals surface area contributed by atoms with Crippen LogP contribution in [-0.2, 0) is 15.0 Å². The van der Waals surface area contributed by atoms with Crippen LogP contribution in [0.1, 0.15) is 44.0 Å². The van der Waals surface area contributed by atoms with E-state index < -0.39 is 0 Å². The molecular formula is C26H29N5O4. The normalized spacial score (nSPS) is 17.1. The van der Waals surface area contributed by atoms with E-state index in [9.17, 15) is 9.59 Å². The van der Waals surface area contributed by atoms with Crippen LogP contribution in [0, 0.1) is 6.92 Å². The summed E-state index contributed by atoms with van der Waals surface area (Å²) in [7, 11) is 0. The lowest BCUT2D eigenvalue weighted by molar-refractivity contribution is -0.133. The molecule has 4 heterocycles. The zero-order valence-electron chi connectivity index (χ0n) is 20.1. The van der Waals surface area contributed by atoms with Gasteiger partial charge in [0.15, 0.2) is 12.4 Å². The Balaban J connectivity index is 1.14. The highest BCUT2D eigenvalue weighted by Crippen LogP contribution is 2.35. The largest absolute Gasteiger partial charge is 0.482 e. The lowest BCUT2D eigenvalue weighted by Crippen LogP contribution is -2.44. The summed E-state index contributed by atoms with van der Waals surface area (Å²) in [5.74, 6) is 1.82. The summed E-state index contributed by atoms with van der Waals surface area (Å²) < 4.78 is 11.0. The Kier molecular flexibility index (Phi) is 6.23. The van der Waals surface area contributed by atoms with Crippen LogP contribution in [0.2, 0.25) is 0 Å². The number of hydrogen-bond donors (Lipinski definition) is 0. The number of hydrogen-bond acceptors (Lipinski definition) is 7. The number of likely N-dealkylation sites (tertiary alicyclic amines) is 1. The average molecular weight is 476 g/mol. The van der Waals surface area contributed by atoms with E-state index in [0.29, 0.717) is 55.6 Å². The molecule has 1 fully saturated rings. The number of piperidine rings is 1. The van der Waals surface area contributed by atoms with Gasteiger partial charge >= 0.3 is 0 Å². The molecule has 0 bridgehead atoms. The second-order valence-corrected chi connectivity index (χ2v) is 9.49. The van der Waals surface area contributed by atoms with Gasteiger partial charge in [0, 0.05) is 37.7 Å². The van der Waals surface area contributed by atoms with Crippen molar-refractivity contribution in [3.63, 3.8) is 0 Å². The van der Waals surface area contributed by atoms with Crippen molar-refractivity contribution in [3.8, 4) is 17.3 Å². The number of pyridine rings is 1. The predicted octanol–water partition coefficient (Wildman–Crippen LogP) is 3.53. The van der Waals surface area contributed by atoms with Crippen molar-refractivity contribution in [1.82, 2.24) is 20.0 Å². The smallest absolute Gasteiger partial charge is 0.276 e. The van der Waals surface area contributed by atoms with Crippen LogP contribution in [0.4, 0.5) is 5.69 Å². The van der Waals surface area contributed by atoms with Gasteiger partial charge in [0.1, 0.15) is 11.4 Å². The average Bonchev–Trinajstić information content (AvgIpc) is 3.38. The Labute approximate surface area is 204 Å². The quantitative estimate of drug-likeness (QED) is 0.537. The molecular weight excluding hydrogens is 446 g/mol. The van der Waals surface area contributed by atoms with E-state index in [2.05, 4.69) is 22.0 Å². The molecule has 35 heavy (non-hydrogen) atoms. The number of rotatable bonds is 6. The van der Waals surface area contributed by atoms with Gasteiger partial charge in [-0.2, -0.15) is 4.98 Å². The summed E-state index contributed by atoms with van der Waals surface area (Å²) in [6.45, 7) is 5.91. The molecule has 0 aliphatic carbocycles. The highest BCUT2D eigenvalue weighted by molar-refractivity contribution is 5.98. The summed E-state index contributed by atoms with van der Waals surface area (Å²) in [6.07, 6.45) is 4.21. The molecule has 0 spiro atoms. The van der Waals surface area contributed by atoms with E-state index >= 15 is 0 Å². The van der Waals surface area contributed by atoms with Gasteiger partial charge in [-0.3, -0.25) is 14.6 Å². The molecule has 2 amide bonds. The lowest BCUT2D eigenvalue weighted by Gasteiger charge is -2.37. The monoisotopic (exact) mass is 475 g/mol. The van der Waals surface area contributed by atoms with E-state index in [-0.39, 0.29) is 23.8 Å². The number of ether oxygens (including phenoxy) is 1. The fourth-order valence-corrected chi connectivity index (χ4v) is 4.64. The number of amides is 2. The number of nitrogens with zero attached hydrogens (tertiary/aromatic N) is 5. The molecule has 0 N–H and O–H groups in total.